The molecule has 4 heteroatoms. The Bertz CT molecular complexity index is 370. The lowest BCUT2D eigenvalue weighted by Crippen LogP contribution is -2.21. The van der Waals surface area contributed by atoms with E-state index in [1.54, 1.807) is 6.07 Å². The van der Waals surface area contributed by atoms with E-state index in [4.69, 9.17) is 0 Å². The van der Waals surface area contributed by atoms with Crippen molar-refractivity contribution in [1.82, 2.24) is 4.90 Å². The van der Waals surface area contributed by atoms with E-state index in [0.29, 0.717) is 0 Å². The molecule has 1 aliphatic heterocycles. The minimum absolute atomic E-state index is 0.106. The van der Waals surface area contributed by atoms with Crippen molar-refractivity contribution in [1.29, 1.82) is 0 Å². The van der Waals surface area contributed by atoms with E-state index in [0.717, 1.165) is 40.9 Å². The third-order valence-corrected chi connectivity index (χ3v) is 4.40. The van der Waals surface area contributed by atoms with Crippen LogP contribution in [-0.2, 0) is 6.54 Å². The predicted octanol–water partition coefficient (Wildman–Crippen LogP) is 3.81. The lowest BCUT2D eigenvalue weighted by molar-refractivity contribution is 0.315. The molecular formula is C12H14Br2FN. The van der Waals surface area contributed by atoms with E-state index < -0.39 is 0 Å². The first-order valence-corrected chi connectivity index (χ1v) is 7.32. The van der Waals surface area contributed by atoms with Gasteiger partial charge in [0, 0.05) is 28.5 Å². The van der Waals surface area contributed by atoms with Gasteiger partial charge in [-0.05, 0) is 37.1 Å². The third kappa shape index (κ3) is 3.05. The lowest BCUT2D eigenvalue weighted by Gasteiger charge is -2.16. The molecule has 0 N–H and O–H groups in total. The van der Waals surface area contributed by atoms with Gasteiger partial charge in [-0.3, -0.25) is 4.90 Å². The van der Waals surface area contributed by atoms with Crippen LogP contribution in [0.3, 0.4) is 0 Å². The average Bonchev–Trinajstić information content (AvgIpc) is 2.71. The molecule has 0 aromatic heterocycles. The highest BCUT2D eigenvalue weighted by Gasteiger charge is 2.22. The van der Waals surface area contributed by atoms with Crippen LogP contribution in [0.15, 0.2) is 22.7 Å². The molecule has 0 radical (unpaired) electrons. The van der Waals surface area contributed by atoms with Crippen LogP contribution in [0.2, 0.25) is 0 Å². The summed E-state index contributed by atoms with van der Waals surface area (Å²) < 4.78 is 14.5. The highest BCUT2D eigenvalue weighted by Crippen LogP contribution is 2.22. The van der Waals surface area contributed by atoms with Crippen LogP contribution in [-0.4, -0.2) is 23.3 Å². The topological polar surface area (TPSA) is 3.24 Å². The van der Waals surface area contributed by atoms with Crippen molar-refractivity contribution in [3.05, 3.63) is 34.1 Å². The molecule has 1 fully saturated rings. The summed E-state index contributed by atoms with van der Waals surface area (Å²) in [6.07, 6.45) is 1.21. The summed E-state index contributed by atoms with van der Waals surface area (Å²) in [5.74, 6) is 0.612. The van der Waals surface area contributed by atoms with Gasteiger partial charge in [0.25, 0.3) is 0 Å². The van der Waals surface area contributed by atoms with Gasteiger partial charge in [-0.25, -0.2) is 4.39 Å². The molecule has 1 heterocycles. The summed E-state index contributed by atoms with van der Waals surface area (Å²) in [7, 11) is 0. The van der Waals surface area contributed by atoms with E-state index in [-0.39, 0.29) is 5.82 Å². The minimum atomic E-state index is -0.106. The van der Waals surface area contributed by atoms with E-state index in [2.05, 4.69) is 36.8 Å². The summed E-state index contributed by atoms with van der Waals surface area (Å²) in [5, 5.41) is 1.05. The van der Waals surface area contributed by atoms with Crippen molar-refractivity contribution < 1.29 is 4.39 Å². The molecule has 88 valence electrons. The van der Waals surface area contributed by atoms with Crippen LogP contribution >= 0.6 is 31.9 Å². The van der Waals surface area contributed by atoms with Gasteiger partial charge in [-0.15, -0.1) is 0 Å². The summed E-state index contributed by atoms with van der Waals surface area (Å²) in [4.78, 5) is 2.32. The Hall–Kier alpha value is 0.0700. The van der Waals surface area contributed by atoms with Gasteiger partial charge in [0.2, 0.25) is 0 Å². The number of likely N-dealkylation sites (tertiary alicyclic amines) is 1. The number of hydrogen-bond donors (Lipinski definition) is 0. The Morgan fingerprint density at radius 2 is 2.25 bits per heavy atom. The second kappa shape index (κ2) is 5.61. The molecule has 0 bridgehead atoms. The van der Waals surface area contributed by atoms with Crippen molar-refractivity contribution >= 4 is 31.9 Å². The van der Waals surface area contributed by atoms with Gasteiger partial charge in [-0.1, -0.05) is 31.9 Å². The fraction of sp³-hybridized carbons (Fsp3) is 0.500. The second-order valence-electron chi connectivity index (χ2n) is 4.28. The zero-order chi connectivity index (χ0) is 11.5. The summed E-state index contributed by atoms with van der Waals surface area (Å²) in [6.45, 7) is 2.86. The first kappa shape index (κ1) is 12.5. The standard InChI is InChI=1S/C12H14Br2FN/c13-6-9-3-4-16(7-9)8-10-5-11(14)1-2-12(10)15/h1-2,5,9H,3-4,6-8H2. The Morgan fingerprint density at radius 3 is 2.94 bits per heavy atom. The van der Waals surface area contributed by atoms with E-state index >= 15 is 0 Å². The van der Waals surface area contributed by atoms with E-state index in [1.165, 1.54) is 12.5 Å². The number of alkyl halides is 1. The Labute approximate surface area is 112 Å². The van der Waals surface area contributed by atoms with Crippen LogP contribution in [0.5, 0.6) is 0 Å². The quantitative estimate of drug-likeness (QED) is 0.749. The van der Waals surface area contributed by atoms with Gasteiger partial charge in [0.05, 0.1) is 0 Å². The number of nitrogens with zero attached hydrogens (tertiary/aromatic N) is 1. The van der Waals surface area contributed by atoms with Crippen molar-refractivity contribution in [2.45, 2.75) is 13.0 Å². The van der Waals surface area contributed by atoms with Gasteiger partial charge in [0.1, 0.15) is 5.82 Å². The molecule has 1 atom stereocenters. The van der Waals surface area contributed by atoms with Crippen molar-refractivity contribution in [3.63, 3.8) is 0 Å². The summed E-state index contributed by atoms with van der Waals surface area (Å²) in [5.41, 5.74) is 0.782. The fourth-order valence-electron chi connectivity index (χ4n) is 2.09. The van der Waals surface area contributed by atoms with E-state index in [1.807, 2.05) is 6.07 Å². The first-order chi connectivity index (χ1) is 7.69. The smallest absolute Gasteiger partial charge is 0.127 e. The van der Waals surface area contributed by atoms with Crippen molar-refractivity contribution in [2.75, 3.05) is 18.4 Å². The molecule has 1 nitrogen and oxygen atoms in total. The minimum Gasteiger partial charge on any atom is -0.299 e. The molecule has 16 heavy (non-hydrogen) atoms. The van der Waals surface area contributed by atoms with Crippen LogP contribution in [0, 0.1) is 11.7 Å². The molecule has 1 aromatic carbocycles. The molecule has 0 saturated carbocycles. The number of hydrogen-bond acceptors (Lipinski definition) is 1. The maximum atomic E-state index is 13.5. The van der Waals surface area contributed by atoms with Crippen molar-refractivity contribution in [3.8, 4) is 0 Å². The molecule has 0 amide bonds. The Balaban J connectivity index is 2.01. The molecular weight excluding hydrogens is 337 g/mol. The molecule has 0 spiro atoms. The molecule has 1 unspecified atom stereocenters. The molecule has 1 aliphatic rings. The molecule has 1 saturated heterocycles. The number of benzene rings is 1. The summed E-state index contributed by atoms with van der Waals surface area (Å²) >= 11 is 6.89. The largest absolute Gasteiger partial charge is 0.299 e. The summed E-state index contributed by atoms with van der Waals surface area (Å²) in [6, 6.07) is 5.14. The highest BCUT2D eigenvalue weighted by molar-refractivity contribution is 9.10. The molecule has 0 aliphatic carbocycles. The third-order valence-electron chi connectivity index (χ3n) is 2.99. The van der Waals surface area contributed by atoms with Crippen LogP contribution in [0.25, 0.3) is 0 Å². The fourth-order valence-corrected chi connectivity index (χ4v) is 3.02. The molecule has 2 rings (SSSR count). The Kier molecular flexibility index (Phi) is 4.39. The number of halogens is 3. The maximum Gasteiger partial charge on any atom is 0.127 e. The monoisotopic (exact) mass is 349 g/mol. The second-order valence-corrected chi connectivity index (χ2v) is 5.84. The first-order valence-electron chi connectivity index (χ1n) is 5.41. The van der Waals surface area contributed by atoms with Gasteiger partial charge < -0.3 is 0 Å². The van der Waals surface area contributed by atoms with Crippen LogP contribution in [0.1, 0.15) is 12.0 Å². The average molecular weight is 351 g/mol. The lowest BCUT2D eigenvalue weighted by atomic mass is 10.2. The van der Waals surface area contributed by atoms with Crippen molar-refractivity contribution in [2.24, 2.45) is 5.92 Å². The zero-order valence-corrected chi connectivity index (χ0v) is 12.1. The molecule has 1 aromatic rings. The van der Waals surface area contributed by atoms with Gasteiger partial charge in [0.15, 0.2) is 0 Å². The predicted molar refractivity (Wildman–Crippen MR) is 71.3 cm³/mol. The zero-order valence-electron chi connectivity index (χ0n) is 8.93. The Morgan fingerprint density at radius 1 is 1.44 bits per heavy atom. The van der Waals surface area contributed by atoms with Crippen LogP contribution in [0.4, 0.5) is 4.39 Å². The highest BCUT2D eigenvalue weighted by atomic mass is 79.9. The number of rotatable bonds is 3. The SMILES string of the molecule is Fc1ccc(Br)cc1CN1CCC(CBr)C1. The van der Waals surface area contributed by atoms with Crippen LogP contribution < -0.4 is 0 Å². The van der Waals surface area contributed by atoms with Gasteiger partial charge >= 0.3 is 0 Å². The van der Waals surface area contributed by atoms with Gasteiger partial charge in [-0.2, -0.15) is 0 Å². The normalized spacial score (nSPS) is 21.6. The van der Waals surface area contributed by atoms with E-state index in [9.17, 15) is 4.39 Å². The maximum absolute atomic E-state index is 13.5.